The van der Waals surface area contributed by atoms with Crippen molar-refractivity contribution in [1.29, 1.82) is 0 Å². The summed E-state index contributed by atoms with van der Waals surface area (Å²) in [5, 5.41) is 3.29. The molecule has 1 aromatic carbocycles. The summed E-state index contributed by atoms with van der Waals surface area (Å²) < 4.78 is 11.1. The normalized spacial score (nSPS) is 10.2. The zero-order valence-electron chi connectivity index (χ0n) is 13.7. The van der Waals surface area contributed by atoms with Crippen LogP contribution in [0.25, 0.3) is 0 Å². The Labute approximate surface area is 141 Å². The van der Waals surface area contributed by atoms with E-state index in [1.165, 1.54) is 0 Å². The van der Waals surface area contributed by atoms with E-state index in [2.05, 4.69) is 15.3 Å². The molecular weight excluding hydrogens is 302 g/mol. The average Bonchev–Trinajstić information content (AvgIpc) is 2.61. The van der Waals surface area contributed by atoms with E-state index in [0.29, 0.717) is 18.2 Å². The van der Waals surface area contributed by atoms with E-state index in [1.807, 2.05) is 61.5 Å². The first-order chi connectivity index (χ1) is 11.7. The largest absolute Gasteiger partial charge is 0.497 e. The average molecular weight is 321 g/mol. The molecule has 0 spiro atoms. The lowest BCUT2D eigenvalue weighted by atomic mass is 10.2. The van der Waals surface area contributed by atoms with Crippen LogP contribution in [0.4, 0.5) is 5.82 Å². The highest BCUT2D eigenvalue weighted by molar-refractivity contribution is 5.40. The summed E-state index contributed by atoms with van der Waals surface area (Å²) in [5.41, 5.74) is 1.92. The second-order valence-electron chi connectivity index (χ2n) is 5.27. The second kappa shape index (κ2) is 7.46. The topological polar surface area (TPSA) is 56.3 Å². The first-order valence-electron chi connectivity index (χ1n) is 7.68. The van der Waals surface area contributed by atoms with Gasteiger partial charge in [-0.1, -0.05) is 18.2 Å². The monoisotopic (exact) mass is 321 g/mol. The minimum absolute atomic E-state index is 0.561. The third-order valence-corrected chi connectivity index (χ3v) is 3.45. The number of hydrogen-bond donors (Lipinski definition) is 1. The SMILES string of the molecule is COc1cccc(Oc2ncccc2CNc2cccc(C)n2)c1. The first-order valence-corrected chi connectivity index (χ1v) is 7.68. The van der Waals surface area contributed by atoms with Crippen molar-refractivity contribution < 1.29 is 9.47 Å². The lowest BCUT2D eigenvalue weighted by Gasteiger charge is -2.12. The molecule has 5 nitrogen and oxygen atoms in total. The molecule has 0 bridgehead atoms. The van der Waals surface area contributed by atoms with Crippen LogP contribution in [-0.4, -0.2) is 17.1 Å². The quantitative estimate of drug-likeness (QED) is 0.737. The van der Waals surface area contributed by atoms with Gasteiger partial charge < -0.3 is 14.8 Å². The van der Waals surface area contributed by atoms with Gasteiger partial charge in [0.1, 0.15) is 17.3 Å². The van der Waals surface area contributed by atoms with Gasteiger partial charge in [0.05, 0.1) is 7.11 Å². The molecule has 0 radical (unpaired) electrons. The molecule has 0 amide bonds. The molecule has 0 unspecified atom stereocenters. The number of ether oxygens (including phenoxy) is 2. The number of aryl methyl sites for hydroxylation is 1. The number of nitrogens with zero attached hydrogens (tertiary/aromatic N) is 2. The molecule has 2 heterocycles. The van der Waals surface area contributed by atoms with Gasteiger partial charge in [-0.2, -0.15) is 0 Å². The van der Waals surface area contributed by atoms with Crippen molar-refractivity contribution in [2.75, 3.05) is 12.4 Å². The summed E-state index contributed by atoms with van der Waals surface area (Å²) in [4.78, 5) is 8.77. The van der Waals surface area contributed by atoms with Crippen molar-refractivity contribution in [3.05, 3.63) is 72.1 Å². The fraction of sp³-hybridized carbons (Fsp3) is 0.158. The molecule has 24 heavy (non-hydrogen) atoms. The molecule has 5 heteroatoms. The second-order valence-corrected chi connectivity index (χ2v) is 5.27. The maximum atomic E-state index is 5.91. The van der Waals surface area contributed by atoms with Crippen LogP contribution in [0, 0.1) is 6.92 Å². The Balaban J connectivity index is 1.75. The molecular formula is C19H19N3O2. The van der Waals surface area contributed by atoms with E-state index in [9.17, 15) is 0 Å². The van der Waals surface area contributed by atoms with Crippen LogP contribution >= 0.6 is 0 Å². The van der Waals surface area contributed by atoms with Crippen LogP contribution in [0.1, 0.15) is 11.3 Å². The minimum Gasteiger partial charge on any atom is -0.497 e. The van der Waals surface area contributed by atoms with Crippen LogP contribution in [0.2, 0.25) is 0 Å². The predicted molar refractivity (Wildman–Crippen MR) is 93.6 cm³/mol. The number of benzene rings is 1. The number of anilines is 1. The third-order valence-electron chi connectivity index (χ3n) is 3.45. The summed E-state index contributed by atoms with van der Waals surface area (Å²) in [6.07, 6.45) is 1.71. The van der Waals surface area contributed by atoms with Crippen molar-refractivity contribution >= 4 is 5.82 Å². The van der Waals surface area contributed by atoms with E-state index in [4.69, 9.17) is 9.47 Å². The summed E-state index contributed by atoms with van der Waals surface area (Å²) >= 11 is 0. The molecule has 2 aromatic heterocycles. The van der Waals surface area contributed by atoms with E-state index < -0.39 is 0 Å². The molecule has 0 aliphatic heterocycles. The maximum absolute atomic E-state index is 5.91. The molecule has 0 saturated heterocycles. The molecule has 0 aliphatic carbocycles. The van der Waals surface area contributed by atoms with Crippen LogP contribution in [0.5, 0.6) is 17.4 Å². The summed E-state index contributed by atoms with van der Waals surface area (Å²) in [7, 11) is 1.63. The van der Waals surface area contributed by atoms with Crippen molar-refractivity contribution in [3.8, 4) is 17.4 Å². The lowest BCUT2D eigenvalue weighted by Crippen LogP contribution is -2.04. The van der Waals surface area contributed by atoms with Crippen molar-refractivity contribution in [1.82, 2.24) is 9.97 Å². The van der Waals surface area contributed by atoms with Crippen molar-refractivity contribution in [2.45, 2.75) is 13.5 Å². The van der Waals surface area contributed by atoms with Gasteiger partial charge in [0.25, 0.3) is 0 Å². The molecule has 3 aromatic rings. The van der Waals surface area contributed by atoms with Crippen LogP contribution in [-0.2, 0) is 6.54 Å². The Morgan fingerprint density at radius 2 is 1.83 bits per heavy atom. The molecule has 3 rings (SSSR count). The van der Waals surface area contributed by atoms with Crippen molar-refractivity contribution in [2.24, 2.45) is 0 Å². The molecule has 0 aliphatic rings. The highest BCUT2D eigenvalue weighted by Gasteiger charge is 2.07. The molecule has 0 fully saturated rings. The van der Waals surface area contributed by atoms with Crippen molar-refractivity contribution in [3.63, 3.8) is 0 Å². The third kappa shape index (κ3) is 4.01. The fourth-order valence-electron chi connectivity index (χ4n) is 2.25. The Morgan fingerprint density at radius 1 is 1.00 bits per heavy atom. The van der Waals surface area contributed by atoms with E-state index in [0.717, 1.165) is 22.8 Å². The van der Waals surface area contributed by atoms with Gasteiger partial charge in [0, 0.05) is 30.1 Å². The summed E-state index contributed by atoms with van der Waals surface area (Å²) in [5.74, 6) is 2.81. The number of methoxy groups -OCH3 is 1. The van der Waals surface area contributed by atoms with Gasteiger partial charge in [0.2, 0.25) is 5.88 Å². The first kappa shape index (κ1) is 15.8. The molecule has 1 N–H and O–H groups in total. The van der Waals surface area contributed by atoms with E-state index >= 15 is 0 Å². The number of aromatic nitrogens is 2. The zero-order valence-corrected chi connectivity index (χ0v) is 13.7. The van der Waals surface area contributed by atoms with Crippen LogP contribution < -0.4 is 14.8 Å². The predicted octanol–water partition coefficient (Wildman–Crippen LogP) is 4.20. The van der Waals surface area contributed by atoms with Gasteiger partial charge in [-0.05, 0) is 37.3 Å². The van der Waals surface area contributed by atoms with Crippen LogP contribution in [0.15, 0.2) is 60.8 Å². The summed E-state index contributed by atoms with van der Waals surface area (Å²) in [6.45, 7) is 2.54. The van der Waals surface area contributed by atoms with E-state index in [-0.39, 0.29) is 0 Å². The molecule has 0 atom stereocenters. The number of pyridine rings is 2. The Hall–Kier alpha value is -3.08. The lowest BCUT2D eigenvalue weighted by molar-refractivity contribution is 0.406. The van der Waals surface area contributed by atoms with Gasteiger partial charge in [0.15, 0.2) is 0 Å². The number of nitrogens with one attached hydrogen (secondary N) is 1. The number of rotatable bonds is 6. The maximum Gasteiger partial charge on any atom is 0.224 e. The van der Waals surface area contributed by atoms with Gasteiger partial charge in [-0.25, -0.2) is 9.97 Å². The van der Waals surface area contributed by atoms with Gasteiger partial charge in [-0.3, -0.25) is 0 Å². The Kier molecular flexibility index (Phi) is 4.91. The Morgan fingerprint density at radius 3 is 2.67 bits per heavy atom. The molecule has 0 saturated carbocycles. The Bertz CT molecular complexity index is 821. The van der Waals surface area contributed by atoms with E-state index in [1.54, 1.807) is 13.3 Å². The van der Waals surface area contributed by atoms with Gasteiger partial charge >= 0.3 is 0 Å². The number of hydrogen-bond acceptors (Lipinski definition) is 5. The highest BCUT2D eigenvalue weighted by atomic mass is 16.5. The fourth-order valence-corrected chi connectivity index (χ4v) is 2.25. The highest BCUT2D eigenvalue weighted by Crippen LogP contribution is 2.26. The summed E-state index contributed by atoms with van der Waals surface area (Å²) in [6, 6.07) is 17.2. The molecule has 122 valence electrons. The standard InChI is InChI=1S/C19H19N3O2/c1-14-6-3-10-18(22-14)21-13-15-7-5-11-20-19(15)24-17-9-4-8-16(12-17)23-2/h3-12H,13H2,1-2H3,(H,21,22). The van der Waals surface area contributed by atoms with Crippen LogP contribution in [0.3, 0.4) is 0 Å². The minimum atomic E-state index is 0.561. The smallest absolute Gasteiger partial charge is 0.224 e. The van der Waals surface area contributed by atoms with Gasteiger partial charge in [-0.15, -0.1) is 0 Å². The zero-order chi connectivity index (χ0) is 16.8.